The number of hydrogen-bond acceptors (Lipinski definition) is 3. The first-order chi connectivity index (χ1) is 7.45. The van der Waals surface area contributed by atoms with Crippen molar-refractivity contribution in [3.8, 4) is 0 Å². The zero-order chi connectivity index (χ0) is 12.3. The minimum absolute atomic E-state index is 0.0743. The van der Waals surface area contributed by atoms with Crippen LogP contribution in [0.4, 0.5) is 0 Å². The summed E-state index contributed by atoms with van der Waals surface area (Å²) in [6.07, 6.45) is 0.513. The van der Waals surface area contributed by atoms with Gasteiger partial charge in [0.1, 0.15) is 6.29 Å². The Morgan fingerprint density at radius 3 is 2.19 bits per heavy atom. The Morgan fingerprint density at radius 2 is 1.75 bits per heavy atom. The first kappa shape index (κ1) is 11.9. The molecule has 1 rings (SSSR count). The molecule has 0 radical (unpaired) electrons. The summed E-state index contributed by atoms with van der Waals surface area (Å²) in [5, 5.41) is 8.81. The quantitative estimate of drug-likeness (QED) is 0.769. The third-order valence-corrected chi connectivity index (χ3v) is 1.99. The van der Waals surface area contributed by atoms with Crippen LogP contribution < -0.4 is 0 Å². The van der Waals surface area contributed by atoms with Crippen molar-refractivity contribution < 1.29 is 19.5 Å². The van der Waals surface area contributed by atoms with Crippen LogP contribution in [-0.4, -0.2) is 42.3 Å². The molecule has 0 heterocycles. The van der Waals surface area contributed by atoms with Gasteiger partial charge in [-0.25, -0.2) is 4.79 Å². The maximum Gasteiger partial charge on any atom is 0.335 e. The summed E-state index contributed by atoms with van der Waals surface area (Å²) in [5.74, 6) is -1.51. The highest BCUT2D eigenvalue weighted by Crippen LogP contribution is 2.11. The van der Waals surface area contributed by atoms with Crippen molar-refractivity contribution in [3.05, 3.63) is 34.9 Å². The molecule has 0 aliphatic rings. The highest BCUT2D eigenvalue weighted by molar-refractivity contribution is 5.99. The Morgan fingerprint density at radius 1 is 1.19 bits per heavy atom. The van der Waals surface area contributed by atoms with Crippen molar-refractivity contribution in [2.45, 2.75) is 0 Å². The van der Waals surface area contributed by atoms with Crippen LogP contribution in [0.1, 0.15) is 31.1 Å². The van der Waals surface area contributed by atoms with E-state index in [1.54, 1.807) is 14.1 Å². The molecule has 0 bridgehead atoms. The lowest BCUT2D eigenvalue weighted by atomic mass is 10.1. The summed E-state index contributed by atoms with van der Waals surface area (Å²) < 4.78 is 0. The number of carbonyl (C=O) groups is 3. The SMILES string of the molecule is CN(C)C(=O)c1cc(C=O)cc(C(=O)O)c1. The van der Waals surface area contributed by atoms with Crippen LogP contribution in [0, 0.1) is 0 Å². The molecule has 0 saturated carbocycles. The Balaban J connectivity index is 3.29. The Labute approximate surface area is 92.3 Å². The predicted molar refractivity (Wildman–Crippen MR) is 56.8 cm³/mol. The van der Waals surface area contributed by atoms with E-state index in [-0.39, 0.29) is 22.6 Å². The molecule has 5 heteroatoms. The van der Waals surface area contributed by atoms with Crippen molar-refractivity contribution in [1.82, 2.24) is 4.90 Å². The second kappa shape index (κ2) is 4.57. The number of carbonyl (C=O) groups excluding carboxylic acids is 2. The standard InChI is InChI=1S/C11H11NO4/c1-12(2)10(14)8-3-7(6-13)4-9(5-8)11(15)16/h3-6H,1-2H3,(H,15,16). The van der Waals surface area contributed by atoms with Gasteiger partial charge in [0.05, 0.1) is 5.56 Å². The van der Waals surface area contributed by atoms with Gasteiger partial charge in [0.25, 0.3) is 5.91 Å². The molecule has 0 unspecified atom stereocenters. The second-order valence-corrected chi connectivity index (χ2v) is 3.47. The van der Waals surface area contributed by atoms with E-state index in [0.29, 0.717) is 6.29 Å². The van der Waals surface area contributed by atoms with Crippen molar-refractivity contribution in [3.63, 3.8) is 0 Å². The molecule has 0 aliphatic carbocycles. The third kappa shape index (κ3) is 2.44. The summed E-state index contributed by atoms with van der Waals surface area (Å²) in [6, 6.07) is 3.83. The molecule has 5 nitrogen and oxygen atoms in total. The van der Waals surface area contributed by atoms with Gasteiger partial charge in [-0.15, -0.1) is 0 Å². The average Bonchev–Trinajstić information content (AvgIpc) is 2.27. The van der Waals surface area contributed by atoms with Crippen molar-refractivity contribution >= 4 is 18.2 Å². The largest absolute Gasteiger partial charge is 0.478 e. The number of hydrogen-bond donors (Lipinski definition) is 1. The van der Waals surface area contributed by atoms with Gasteiger partial charge in [-0.05, 0) is 18.2 Å². The number of carboxylic acid groups (broad SMARTS) is 1. The van der Waals surface area contributed by atoms with E-state index < -0.39 is 5.97 Å². The molecule has 0 fully saturated rings. The molecule has 1 N–H and O–H groups in total. The molecule has 16 heavy (non-hydrogen) atoms. The van der Waals surface area contributed by atoms with Crippen molar-refractivity contribution in [2.75, 3.05) is 14.1 Å². The molecule has 1 amide bonds. The molecule has 0 saturated heterocycles. The Kier molecular flexibility index (Phi) is 3.40. The first-order valence-electron chi connectivity index (χ1n) is 4.51. The topological polar surface area (TPSA) is 74.7 Å². The van der Waals surface area contributed by atoms with Crippen LogP contribution in [-0.2, 0) is 0 Å². The number of rotatable bonds is 3. The minimum Gasteiger partial charge on any atom is -0.478 e. The molecule has 1 aromatic rings. The highest BCUT2D eigenvalue weighted by Gasteiger charge is 2.13. The molecular formula is C11H11NO4. The number of benzene rings is 1. The highest BCUT2D eigenvalue weighted by atomic mass is 16.4. The normalized spacial score (nSPS) is 9.62. The van der Waals surface area contributed by atoms with E-state index in [2.05, 4.69) is 0 Å². The Bertz CT molecular complexity index is 451. The number of aldehydes is 1. The Hall–Kier alpha value is -2.17. The van der Waals surface area contributed by atoms with E-state index in [9.17, 15) is 14.4 Å². The van der Waals surface area contributed by atoms with Gasteiger partial charge in [-0.1, -0.05) is 0 Å². The van der Waals surface area contributed by atoms with Crippen LogP contribution in [0.25, 0.3) is 0 Å². The van der Waals surface area contributed by atoms with E-state index in [1.165, 1.54) is 23.1 Å². The maximum absolute atomic E-state index is 11.6. The summed E-state index contributed by atoms with van der Waals surface area (Å²) in [6.45, 7) is 0. The van der Waals surface area contributed by atoms with E-state index in [0.717, 1.165) is 0 Å². The molecule has 84 valence electrons. The predicted octanol–water partition coefficient (Wildman–Crippen LogP) is 0.899. The fraction of sp³-hybridized carbons (Fsp3) is 0.182. The molecular weight excluding hydrogens is 210 g/mol. The number of aromatic carboxylic acids is 1. The van der Waals surface area contributed by atoms with Gasteiger partial charge in [-0.2, -0.15) is 0 Å². The number of amides is 1. The van der Waals surface area contributed by atoms with Gasteiger partial charge in [0, 0.05) is 25.2 Å². The van der Waals surface area contributed by atoms with Crippen LogP contribution in [0.2, 0.25) is 0 Å². The maximum atomic E-state index is 11.6. The smallest absolute Gasteiger partial charge is 0.335 e. The first-order valence-corrected chi connectivity index (χ1v) is 4.51. The fourth-order valence-electron chi connectivity index (χ4n) is 1.22. The second-order valence-electron chi connectivity index (χ2n) is 3.47. The lowest BCUT2D eigenvalue weighted by Crippen LogP contribution is -2.22. The summed E-state index contributed by atoms with van der Waals surface area (Å²) in [4.78, 5) is 34.3. The van der Waals surface area contributed by atoms with E-state index in [4.69, 9.17) is 5.11 Å². The summed E-state index contributed by atoms with van der Waals surface area (Å²) >= 11 is 0. The number of nitrogens with zero attached hydrogens (tertiary/aromatic N) is 1. The van der Waals surface area contributed by atoms with Crippen LogP contribution in [0.3, 0.4) is 0 Å². The lowest BCUT2D eigenvalue weighted by molar-refractivity contribution is 0.0697. The third-order valence-electron chi connectivity index (χ3n) is 1.99. The van der Waals surface area contributed by atoms with Gasteiger partial charge >= 0.3 is 5.97 Å². The van der Waals surface area contributed by atoms with Gasteiger partial charge < -0.3 is 10.0 Å². The molecule has 0 spiro atoms. The average molecular weight is 221 g/mol. The summed E-state index contributed by atoms with van der Waals surface area (Å²) in [7, 11) is 3.10. The van der Waals surface area contributed by atoms with Crippen LogP contribution in [0.15, 0.2) is 18.2 Å². The van der Waals surface area contributed by atoms with Crippen LogP contribution in [0.5, 0.6) is 0 Å². The van der Waals surface area contributed by atoms with Crippen LogP contribution >= 0.6 is 0 Å². The van der Waals surface area contributed by atoms with Crippen molar-refractivity contribution in [1.29, 1.82) is 0 Å². The van der Waals surface area contributed by atoms with E-state index >= 15 is 0 Å². The molecule has 0 aliphatic heterocycles. The molecule has 1 aromatic carbocycles. The minimum atomic E-state index is -1.17. The number of carboxylic acids is 1. The monoisotopic (exact) mass is 221 g/mol. The van der Waals surface area contributed by atoms with Crippen molar-refractivity contribution in [2.24, 2.45) is 0 Å². The van der Waals surface area contributed by atoms with Gasteiger partial charge in [-0.3, -0.25) is 9.59 Å². The zero-order valence-corrected chi connectivity index (χ0v) is 8.93. The van der Waals surface area contributed by atoms with Gasteiger partial charge in [0.2, 0.25) is 0 Å². The summed E-state index contributed by atoms with van der Waals surface area (Å²) in [5.41, 5.74) is 0.284. The van der Waals surface area contributed by atoms with E-state index in [1.807, 2.05) is 0 Å². The van der Waals surface area contributed by atoms with Gasteiger partial charge in [0.15, 0.2) is 0 Å². The molecule has 0 atom stereocenters. The zero-order valence-electron chi connectivity index (χ0n) is 8.93. The fourth-order valence-corrected chi connectivity index (χ4v) is 1.22. The lowest BCUT2D eigenvalue weighted by Gasteiger charge is -2.11. The molecule has 0 aromatic heterocycles.